The van der Waals surface area contributed by atoms with Gasteiger partial charge in [0.1, 0.15) is 6.10 Å². The summed E-state index contributed by atoms with van der Waals surface area (Å²) in [6, 6.07) is 0. The Balaban J connectivity index is 4.49. The highest BCUT2D eigenvalue weighted by Crippen LogP contribution is 2.21. The summed E-state index contributed by atoms with van der Waals surface area (Å²) in [6.07, 6.45) is 33.1. The van der Waals surface area contributed by atoms with Crippen molar-refractivity contribution >= 4 is 11.9 Å². The molecule has 0 aliphatic heterocycles. The summed E-state index contributed by atoms with van der Waals surface area (Å²) < 4.78 is 11.7. The summed E-state index contributed by atoms with van der Waals surface area (Å²) in [5.74, 6) is -0.120. The molecule has 8 heteroatoms. The molecule has 0 aliphatic carbocycles. The second-order valence-electron chi connectivity index (χ2n) is 17.0. The first-order chi connectivity index (χ1) is 27.3. The van der Waals surface area contributed by atoms with Crippen LogP contribution >= 0.6 is 0 Å². The highest BCUT2D eigenvalue weighted by atomic mass is 16.5. The molecule has 0 bridgehead atoms. The lowest BCUT2D eigenvalue weighted by molar-refractivity contribution is -0.150. The third-order valence-electron chi connectivity index (χ3n) is 11.4. The first kappa shape index (κ1) is 54.8. The molecule has 8 nitrogen and oxygen atoms in total. The largest absolute Gasteiger partial charge is 0.465 e. The lowest BCUT2D eigenvalue weighted by Crippen LogP contribution is -2.35. The van der Waals surface area contributed by atoms with Crippen molar-refractivity contribution < 1.29 is 34.4 Å². The van der Waals surface area contributed by atoms with Crippen molar-refractivity contribution in [3.05, 3.63) is 0 Å². The summed E-state index contributed by atoms with van der Waals surface area (Å²) in [5, 5.41) is 31.0. The van der Waals surface area contributed by atoms with Crippen molar-refractivity contribution in [2.75, 3.05) is 32.8 Å². The van der Waals surface area contributed by atoms with E-state index in [1.165, 1.54) is 103 Å². The van der Waals surface area contributed by atoms with E-state index in [1.54, 1.807) is 0 Å². The second kappa shape index (κ2) is 41.9. The number of aliphatic hydroxyl groups excluding tert-OH is 3. The van der Waals surface area contributed by atoms with E-state index in [1.807, 2.05) is 0 Å². The van der Waals surface area contributed by atoms with Crippen LogP contribution in [0, 0.1) is 5.92 Å². The average molecular weight is 798 g/mol. The third-order valence-corrected chi connectivity index (χ3v) is 11.4. The molecule has 0 aromatic heterocycles. The van der Waals surface area contributed by atoms with Crippen LogP contribution in [0.1, 0.15) is 240 Å². The first-order valence-electron chi connectivity index (χ1n) is 24.4. The van der Waals surface area contributed by atoms with E-state index in [-0.39, 0.29) is 30.6 Å². The van der Waals surface area contributed by atoms with Crippen molar-refractivity contribution in [3.8, 4) is 0 Å². The smallest absolute Gasteiger partial charge is 0.308 e. The summed E-state index contributed by atoms with van der Waals surface area (Å²) >= 11 is 0. The number of rotatable bonds is 44. The molecule has 0 saturated heterocycles. The maximum atomic E-state index is 12.9. The highest BCUT2D eigenvalue weighted by Gasteiger charge is 2.20. The molecular weight excluding hydrogens is 703 g/mol. The van der Waals surface area contributed by atoms with Crippen LogP contribution < -0.4 is 0 Å². The molecule has 334 valence electrons. The van der Waals surface area contributed by atoms with E-state index < -0.39 is 12.2 Å². The molecular formula is C48H95NO7. The predicted molar refractivity (Wildman–Crippen MR) is 235 cm³/mol. The number of esters is 2. The van der Waals surface area contributed by atoms with Gasteiger partial charge in [-0.3, -0.25) is 9.59 Å². The molecule has 0 rings (SSSR count). The van der Waals surface area contributed by atoms with Crippen LogP contribution in [0.4, 0.5) is 0 Å². The Morgan fingerprint density at radius 1 is 0.500 bits per heavy atom. The van der Waals surface area contributed by atoms with Gasteiger partial charge in [0.25, 0.3) is 0 Å². The topological polar surface area (TPSA) is 117 Å². The molecule has 0 radical (unpaired) electrons. The molecule has 0 aromatic carbocycles. The van der Waals surface area contributed by atoms with Crippen molar-refractivity contribution in [1.82, 2.24) is 4.90 Å². The van der Waals surface area contributed by atoms with Crippen LogP contribution in [-0.4, -0.2) is 83.3 Å². The molecule has 0 spiro atoms. The van der Waals surface area contributed by atoms with Crippen molar-refractivity contribution in [2.45, 2.75) is 258 Å². The Morgan fingerprint density at radius 3 is 1.52 bits per heavy atom. The van der Waals surface area contributed by atoms with Gasteiger partial charge in [-0.25, -0.2) is 0 Å². The number of aliphatic hydroxyl groups is 3. The number of hydrogen-bond acceptors (Lipinski definition) is 8. The van der Waals surface area contributed by atoms with Gasteiger partial charge in [0.05, 0.1) is 24.7 Å². The van der Waals surface area contributed by atoms with Gasteiger partial charge in [0.15, 0.2) is 0 Å². The third kappa shape index (κ3) is 35.9. The molecule has 4 atom stereocenters. The molecule has 0 heterocycles. The van der Waals surface area contributed by atoms with Gasteiger partial charge >= 0.3 is 11.9 Å². The van der Waals surface area contributed by atoms with Gasteiger partial charge in [0.2, 0.25) is 0 Å². The Labute approximate surface area is 347 Å². The molecule has 4 unspecified atom stereocenters. The molecule has 0 aromatic rings. The van der Waals surface area contributed by atoms with E-state index in [0.29, 0.717) is 64.8 Å². The van der Waals surface area contributed by atoms with Crippen LogP contribution in [0.25, 0.3) is 0 Å². The van der Waals surface area contributed by atoms with Crippen molar-refractivity contribution in [3.63, 3.8) is 0 Å². The molecule has 56 heavy (non-hydrogen) atoms. The molecule has 0 fully saturated rings. The van der Waals surface area contributed by atoms with Gasteiger partial charge in [-0.1, -0.05) is 150 Å². The zero-order chi connectivity index (χ0) is 41.3. The number of carbonyl (C=O) groups excluding carboxylic acids is 2. The minimum Gasteiger partial charge on any atom is -0.465 e. The zero-order valence-electron chi connectivity index (χ0n) is 37.6. The predicted octanol–water partition coefficient (Wildman–Crippen LogP) is 12.0. The average Bonchev–Trinajstić information content (AvgIpc) is 3.19. The summed E-state index contributed by atoms with van der Waals surface area (Å²) in [6.45, 7) is 11.2. The second-order valence-corrected chi connectivity index (χ2v) is 17.0. The van der Waals surface area contributed by atoms with Crippen LogP contribution in [0.2, 0.25) is 0 Å². The number of hydrogen-bond donors (Lipinski definition) is 3. The lowest BCUT2D eigenvalue weighted by Gasteiger charge is -2.26. The van der Waals surface area contributed by atoms with Crippen LogP contribution in [-0.2, 0) is 19.1 Å². The van der Waals surface area contributed by atoms with Crippen LogP contribution in [0.3, 0.4) is 0 Å². The van der Waals surface area contributed by atoms with Gasteiger partial charge in [0, 0.05) is 32.7 Å². The summed E-state index contributed by atoms with van der Waals surface area (Å²) in [4.78, 5) is 27.8. The van der Waals surface area contributed by atoms with E-state index in [9.17, 15) is 24.9 Å². The zero-order valence-corrected chi connectivity index (χ0v) is 37.6. The highest BCUT2D eigenvalue weighted by molar-refractivity contribution is 5.72. The van der Waals surface area contributed by atoms with E-state index >= 15 is 0 Å². The molecule has 0 saturated carbocycles. The normalized spacial score (nSPS) is 13.9. The fraction of sp³-hybridized carbons (Fsp3) is 0.958. The number of carbonyl (C=O) groups is 2. The molecule has 0 aliphatic rings. The van der Waals surface area contributed by atoms with Gasteiger partial charge in [-0.2, -0.15) is 0 Å². The first-order valence-corrected chi connectivity index (χ1v) is 24.4. The quantitative estimate of drug-likeness (QED) is 0.0412. The fourth-order valence-corrected chi connectivity index (χ4v) is 7.70. The minimum atomic E-state index is -0.521. The minimum absolute atomic E-state index is 0.0163. The van der Waals surface area contributed by atoms with E-state index in [0.717, 1.165) is 70.6 Å². The number of ether oxygens (including phenoxy) is 2. The van der Waals surface area contributed by atoms with Gasteiger partial charge in [-0.15, -0.1) is 0 Å². The Morgan fingerprint density at radius 2 is 0.964 bits per heavy atom. The number of nitrogens with zero attached hydrogens (tertiary/aromatic N) is 1. The van der Waals surface area contributed by atoms with E-state index in [2.05, 4.69) is 32.6 Å². The Bertz CT molecular complexity index is 842. The SMILES string of the molecule is CCCCCCCCC(CCCCCC)OC(=O)CCCCC(O)CN(CCCO)CCC(O)CCCCOC(=O)C(CCCCCC)CCCCCCCC. The maximum absolute atomic E-state index is 12.9. The maximum Gasteiger partial charge on any atom is 0.308 e. The molecule has 3 N–H and O–H groups in total. The number of unbranched alkanes of at least 4 members (excludes halogenated alkanes) is 18. The van der Waals surface area contributed by atoms with Gasteiger partial charge < -0.3 is 29.7 Å². The van der Waals surface area contributed by atoms with Gasteiger partial charge in [-0.05, 0) is 83.5 Å². The molecule has 0 amide bonds. The van der Waals surface area contributed by atoms with Crippen molar-refractivity contribution in [2.24, 2.45) is 5.92 Å². The Hall–Kier alpha value is -1.22. The van der Waals surface area contributed by atoms with Crippen LogP contribution in [0.15, 0.2) is 0 Å². The monoisotopic (exact) mass is 798 g/mol. The lowest BCUT2D eigenvalue weighted by atomic mass is 9.94. The fourth-order valence-electron chi connectivity index (χ4n) is 7.70. The standard InChI is InChI=1S/C48H95NO7/c1-5-9-13-17-19-22-31-43(30-21-15-11-7-3)48(54)55-41-28-27-32-44(51)37-39-49(38-29-40-50)42-45(52)33-25-26-36-47(53)56-46(34-23-16-12-8-4)35-24-20-18-14-10-6-2/h43-46,50-52H,5-42H2,1-4H3. The van der Waals surface area contributed by atoms with Crippen molar-refractivity contribution in [1.29, 1.82) is 0 Å². The summed E-state index contributed by atoms with van der Waals surface area (Å²) in [5.41, 5.74) is 0. The van der Waals surface area contributed by atoms with E-state index in [4.69, 9.17) is 9.47 Å². The summed E-state index contributed by atoms with van der Waals surface area (Å²) in [7, 11) is 0. The Kier molecular flexibility index (Phi) is 41.0. The van der Waals surface area contributed by atoms with Crippen LogP contribution in [0.5, 0.6) is 0 Å².